The summed E-state index contributed by atoms with van der Waals surface area (Å²) >= 11 is 6.10. The predicted octanol–water partition coefficient (Wildman–Crippen LogP) is 5.06. The molecule has 1 saturated heterocycles. The van der Waals surface area contributed by atoms with Crippen LogP contribution in [-0.4, -0.2) is 17.8 Å². The van der Waals surface area contributed by atoms with Crippen molar-refractivity contribution < 1.29 is 18.2 Å². The SMILES string of the molecule is O=[N+]([O-])c1ccc(S(=O)(=O)N2OC(c3cccc(Cl)c3)CC2c2ccccc2)cc1. The second-order valence-electron chi connectivity index (χ2n) is 6.82. The first-order valence-corrected chi connectivity index (χ1v) is 10.9. The molecule has 9 heteroatoms. The van der Waals surface area contributed by atoms with Crippen molar-refractivity contribution in [2.45, 2.75) is 23.5 Å². The average molecular weight is 445 g/mol. The second-order valence-corrected chi connectivity index (χ2v) is 9.04. The highest BCUT2D eigenvalue weighted by atomic mass is 35.5. The van der Waals surface area contributed by atoms with Crippen molar-refractivity contribution in [3.8, 4) is 0 Å². The van der Waals surface area contributed by atoms with E-state index in [1.807, 2.05) is 36.4 Å². The number of benzene rings is 3. The van der Waals surface area contributed by atoms with Crippen molar-refractivity contribution in [3.63, 3.8) is 0 Å². The van der Waals surface area contributed by atoms with Crippen LogP contribution < -0.4 is 0 Å². The lowest BCUT2D eigenvalue weighted by Gasteiger charge is -2.22. The van der Waals surface area contributed by atoms with Crippen LogP contribution in [-0.2, 0) is 14.9 Å². The monoisotopic (exact) mass is 444 g/mol. The first-order valence-electron chi connectivity index (χ1n) is 9.12. The molecule has 0 saturated carbocycles. The Bertz CT molecular complexity index is 1170. The van der Waals surface area contributed by atoms with Gasteiger partial charge in [0.1, 0.15) is 6.10 Å². The first-order chi connectivity index (χ1) is 14.4. The fraction of sp³-hybridized carbons (Fsp3) is 0.143. The van der Waals surface area contributed by atoms with Gasteiger partial charge in [0.2, 0.25) is 0 Å². The zero-order valence-electron chi connectivity index (χ0n) is 15.6. The number of hydrogen-bond acceptors (Lipinski definition) is 5. The quantitative estimate of drug-likeness (QED) is 0.405. The number of nitro benzene ring substituents is 1. The summed E-state index contributed by atoms with van der Waals surface area (Å²) in [4.78, 5) is 16.2. The summed E-state index contributed by atoms with van der Waals surface area (Å²) in [6, 6.07) is 20.5. The minimum Gasteiger partial charge on any atom is -0.275 e. The van der Waals surface area contributed by atoms with Gasteiger partial charge in [-0.2, -0.15) is 0 Å². The summed E-state index contributed by atoms with van der Waals surface area (Å²) < 4.78 is 27.7. The average Bonchev–Trinajstić information content (AvgIpc) is 3.21. The maximum Gasteiger partial charge on any atom is 0.269 e. The molecule has 3 aromatic carbocycles. The minimum atomic E-state index is -4.07. The zero-order valence-corrected chi connectivity index (χ0v) is 17.2. The highest BCUT2D eigenvalue weighted by molar-refractivity contribution is 7.89. The summed E-state index contributed by atoms with van der Waals surface area (Å²) in [6.07, 6.45) is -0.113. The van der Waals surface area contributed by atoms with E-state index in [4.69, 9.17) is 16.4 Å². The van der Waals surface area contributed by atoms with E-state index in [1.54, 1.807) is 18.2 Å². The number of hydrogen-bond donors (Lipinski definition) is 0. The van der Waals surface area contributed by atoms with Gasteiger partial charge in [0, 0.05) is 23.6 Å². The minimum absolute atomic E-state index is 0.0826. The molecule has 0 amide bonds. The van der Waals surface area contributed by atoms with Crippen molar-refractivity contribution in [2.24, 2.45) is 0 Å². The Morgan fingerprint density at radius 2 is 1.63 bits per heavy atom. The molecular weight excluding hydrogens is 428 g/mol. The van der Waals surface area contributed by atoms with Crippen LogP contribution in [0.25, 0.3) is 0 Å². The molecule has 2 unspecified atom stereocenters. The lowest BCUT2D eigenvalue weighted by Crippen LogP contribution is -2.29. The molecule has 4 rings (SSSR count). The third-order valence-electron chi connectivity index (χ3n) is 4.91. The van der Waals surface area contributed by atoms with Gasteiger partial charge < -0.3 is 0 Å². The number of rotatable bonds is 5. The Balaban J connectivity index is 1.73. The van der Waals surface area contributed by atoms with E-state index in [9.17, 15) is 18.5 Å². The predicted molar refractivity (Wildman–Crippen MR) is 111 cm³/mol. The van der Waals surface area contributed by atoms with E-state index in [0.717, 1.165) is 27.7 Å². The number of hydroxylamine groups is 1. The highest BCUT2D eigenvalue weighted by Crippen LogP contribution is 2.45. The van der Waals surface area contributed by atoms with Gasteiger partial charge in [-0.15, -0.1) is 0 Å². The molecular formula is C21H17ClN2O5S. The fourth-order valence-corrected chi connectivity index (χ4v) is 5.08. The molecule has 1 fully saturated rings. The Morgan fingerprint density at radius 3 is 2.27 bits per heavy atom. The summed E-state index contributed by atoms with van der Waals surface area (Å²) in [5.74, 6) is 0. The molecule has 0 radical (unpaired) electrons. The maximum absolute atomic E-state index is 13.3. The Hall–Kier alpha value is -2.78. The van der Waals surface area contributed by atoms with Crippen molar-refractivity contribution >= 4 is 27.3 Å². The van der Waals surface area contributed by atoms with E-state index in [-0.39, 0.29) is 10.6 Å². The molecule has 1 heterocycles. The standard InChI is InChI=1S/C21H17ClN2O5S/c22-17-8-4-7-16(13-17)21-14-20(15-5-2-1-3-6-15)24(29-21)30(27,28)19-11-9-18(10-12-19)23(25)26/h1-13,20-21H,14H2. The van der Waals surface area contributed by atoms with Crippen LogP contribution in [0.4, 0.5) is 5.69 Å². The number of non-ortho nitro benzene ring substituents is 1. The topological polar surface area (TPSA) is 89.8 Å². The zero-order chi connectivity index (χ0) is 21.3. The maximum atomic E-state index is 13.3. The second kappa shape index (κ2) is 8.16. The van der Waals surface area contributed by atoms with E-state index in [0.29, 0.717) is 11.4 Å². The lowest BCUT2D eigenvalue weighted by atomic mass is 9.99. The normalized spacial score (nSPS) is 19.6. The first kappa shape index (κ1) is 20.5. The number of halogens is 1. The molecule has 0 spiro atoms. The van der Waals surface area contributed by atoms with E-state index in [1.165, 1.54) is 12.1 Å². The smallest absolute Gasteiger partial charge is 0.269 e. The van der Waals surface area contributed by atoms with Gasteiger partial charge in [-0.05, 0) is 35.4 Å². The molecule has 0 bridgehead atoms. The van der Waals surface area contributed by atoms with E-state index >= 15 is 0 Å². The molecule has 0 aliphatic carbocycles. The Labute approximate surface area is 178 Å². The molecule has 7 nitrogen and oxygen atoms in total. The molecule has 1 aliphatic heterocycles. The summed E-state index contributed by atoms with van der Waals surface area (Å²) in [5, 5.41) is 11.4. The Kier molecular flexibility index (Phi) is 5.57. The van der Waals surface area contributed by atoms with Gasteiger partial charge in [-0.3, -0.25) is 15.0 Å². The molecule has 0 N–H and O–H groups in total. The van der Waals surface area contributed by atoms with Gasteiger partial charge in [0.25, 0.3) is 15.7 Å². The molecule has 3 aromatic rings. The van der Waals surface area contributed by atoms with Gasteiger partial charge in [0.15, 0.2) is 0 Å². The van der Waals surface area contributed by atoms with Crippen LogP contribution in [0.3, 0.4) is 0 Å². The van der Waals surface area contributed by atoms with Crippen molar-refractivity contribution in [2.75, 3.05) is 0 Å². The molecule has 154 valence electrons. The van der Waals surface area contributed by atoms with Crippen molar-refractivity contribution in [3.05, 3.63) is 105 Å². The van der Waals surface area contributed by atoms with Crippen LogP contribution in [0.1, 0.15) is 29.7 Å². The van der Waals surface area contributed by atoms with Crippen molar-refractivity contribution in [1.29, 1.82) is 0 Å². The van der Waals surface area contributed by atoms with E-state index < -0.39 is 27.1 Å². The molecule has 2 atom stereocenters. The van der Waals surface area contributed by atoms with Gasteiger partial charge in [0.05, 0.1) is 15.9 Å². The van der Waals surface area contributed by atoms with Crippen LogP contribution in [0.2, 0.25) is 5.02 Å². The highest BCUT2D eigenvalue weighted by Gasteiger charge is 2.43. The van der Waals surface area contributed by atoms with Crippen LogP contribution >= 0.6 is 11.6 Å². The fourth-order valence-electron chi connectivity index (χ4n) is 3.44. The summed E-state index contributed by atoms with van der Waals surface area (Å²) in [7, 11) is -4.07. The van der Waals surface area contributed by atoms with Gasteiger partial charge in [-0.1, -0.05) is 58.5 Å². The largest absolute Gasteiger partial charge is 0.275 e. The summed E-state index contributed by atoms with van der Waals surface area (Å²) in [5.41, 5.74) is 1.37. The molecule has 0 aromatic heterocycles. The van der Waals surface area contributed by atoms with Crippen LogP contribution in [0.15, 0.2) is 83.8 Å². The summed E-state index contributed by atoms with van der Waals surface area (Å²) in [6.45, 7) is 0. The lowest BCUT2D eigenvalue weighted by molar-refractivity contribution is -0.384. The number of nitro groups is 1. The third-order valence-corrected chi connectivity index (χ3v) is 6.83. The molecule has 1 aliphatic rings. The van der Waals surface area contributed by atoms with Gasteiger partial charge >= 0.3 is 0 Å². The third kappa shape index (κ3) is 3.95. The molecule has 30 heavy (non-hydrogen) atoms. The number of nitrogens with zero attached hydrogens (tertiary/aromatic N) is 2. The van der Waals surface area contributed by atoms with Gasteiger partial charge in [-0.25, -0.2) is 8.42 Å². The Morgan fingerprint density at radius 1 is 0.967 bits per heavy atom. The van der Waals surface area contributed by atoms with Crippen molar-refractivity contribution in [1.82, 2.24) is 4.47 Å². The number of sulfonamides is 1. The van der Waals surface area contributed by atoms with E-state index in [2.05, 4.69) is 0 Å². The van der Waals surface area contributed by atoms with Crippen LogP contribution in [0, 0.1) is 10.1 Å². The van der Waals surface area contributed by atoms with Crippen LogP contribution in [0.5, 0.6) is 0 Å².